The quantitative estimate of drug-likeness (QED) is 0.503. The van der Waals surface area contributed by atoms with Gasteiger partial charge in [-0.3, -0.25) is 14.7 Å². The summed E-state index contributed by atoms with van der Waals surface area (Å²) in [5.74, 6) is 0.337. The molecule has 0 radical (unpaired) electrons. The second-order valence-electron chi connectivity index (χ2n) is 7.44. The highest BCUT2D eigenvalue weighted by Crippen LogP contribution is 2.21. The van der Waals surface area contributed by atoms with Gasteiger partial charge in [0.1, 0.15) is 17.3 Å². The fourth-order valence-electron chi connectivity index (χ4n) is 3.79. The van der Waals surface area contributed by atoms with E-state index in [0.717, 1.165) is 48.9 Å². The lowest BCUT2D eigenvalue weighted by Crippen LogP contribution is -2.35. The molecule has 3 aromatic heterocycles. The third kappa shape index (κ3) is 4.19. The van der Waals surface area contributed by atoms with Gasteiger partial charge in [0.05, 0.1) is 34.8 Å². The fourth-order valence-corrected chi connectivity index (χ4v) is 4.56. The van der Waals surface area contributed by atoms with Crippen LogP contribution in [0.1, 0.15) is 27.0 Å². The van der Waals surface area contributed by atoms with Crippen LogP contribution in [0.15, 0.2) is 48.0 Å². The number of hydrogen-bond donors (Lipinski definition) is 1. The monoisotopic (exact) mass is 436 g/mol. The van der Waals surface area contributed by atoms with Crippen molar-refractivity contribution in [1.82, 2.24) is 29.7 Å². The number of carbonyl (C=O) groups is 1. The van der Waals surface area contributed by atoms with Gasteiger partial charge in [-0.15, -0.1) is 11.3 Å². The van der Waals surface area contributed by atoms with Gasteiger partial charge in [-0.25, -0.2) is 14.4 Å². The summed E-state index contributed by atoms with van der Waals surface area (Å²) < 4.78 is 15.9. The van der Waals surface area contributed by atoms with Crippen LogP contribution >= 0.6 is 11.3 Å². The molecule has 0 unspecified atom stereocenters. The van der Waals surface area contributed by atoms with Crippen LogP contribution in [-0.2, 0) is 26.1 Å². The van der Waals surface area contributed by atoms with Gasteiger partial charge in [0.25, 0.3) is 5.91 Å². The van der Waals surface area contributed by atoms with E-state index < -0.39 is 5.82 Å². The molecule has 1 aromatic carbocycles. The molecule has 1 N–H and O–H groups in total. The van der Waals surface area contributed by atoms with E-state index in [-0.39, 0.29) is 18.1 Å². The van der Waals surface area contributed by atoms with Crippen molar-refractivity contribution >= 4 is 28.3 Å². The third-order valence-electron chi connectivity index (χ3n) is 5.42. The number of hydrogen-bond acceptors (Lipinski definition) is 6. The van der Waals surface area contributed by atoms with Crippen LogP contribution in [0.3, 0.4) is 0 Å². The lowest BCUT2D eigenvalue weighted by atomic mass is 10.3. The first-order valence-electron chi connectivity index (χ1n) is 10.2. The zero-order chi connectivity index (χ0) is 21.2. The van der Waals surface area contributed by atoms with Crippen LogP contribution in [0.2, 0.25) is 0 Å². The number of nitrogens with one attached hydrogen (secondary N) is 1. The topological polar surface area (TPSA) is 75.9 Å². The van der Waals surface area contributed by atoms with Crippen molar-refractivity contribution in [2.75, 3.05) is 13.1 Å². The summed E-state index contributed by atoms with van der Waals surface area (Å²) in [5, 5.41) is 5.34. The molecule has 158 valence electrons. The van der Waals surface area contributed by atoms with Gasteiger partial charge in [-0.05, 0) is 24.3 Å². The molecule has 0 aliphatic carbocycles. The second-order valence-corrected chi connectivity index (χ2v) is 8.38. The minimum absolute atomic E-state index is 0.0349. The summed E-state index contributed by atoms with van der Waals surface area (Å²) in [4.78, 5) is 27.9. The maximum absolute atomic E-state index is 13.6. The first-order valence-corrected chi connectivity index (χ1v) is 11.0. The standard InChI is InChI=1S/C22H21FN6OS/c23-15-4-3-8-24-17(15)12-25-22(30)18-14-31-21(27-18)7-9-28-10-11-29-19-6-2-1-5-16(19)26-20(29)13-28/h1-6,8,14H,7,9-13H2,(H,25,30). The number of aromatic nitrogens is 4. The molecule has 4 aromatic rings. The maximum Gasteiger partial charge on any atom is 0.271 e. The molecule has 1 aliphatic rings. The molecule has 7 nitrogen and oxygen atoms in total. The SMILES string of the molecule is O=C(NCc1ncccc1F)c1csc(CCN2CCn3c(nc4ccccc43)C2)n1. The Hall–Kier alpha value is -3.17. The highest BCUT2D eigenvalue weighted by Gasteiger charge is 2.20. The predicted molar refractivity (Wildman–Crippen MR) is 116 cm³/mol. The Morgan fingerprint density at radius 3 is 2.97 bits per heavy atom. The lowest BCUT2D eigenvalue weighted by Gasteiger charge is -2.27. The van der Waals surface area contributed by atoms with E-state index in [1.54, 1.807) is 5.38 Å². The Bertz CT molecular complexity index is 1240. The maximum atomic E-state index is 13.6. The van der Waals surface area contributed by atoms with Crippen molar-refractivity contribution in [2.24, 2.45) is 0 Å². The highest BCUT2D eigenvalue weighted by atomic mass is 32.1. The van der Waals surface area contributed by atoms with Gasteiger partial charge < -0.3 is 9.88 Å². The largest absolute Gasteiger partial charge is 0.345 e. The molecule has 9 heteroatoms. The van der Waals surface area contributed by atoms with Gasteiger partial charge in [0.15, 0.2) is 0 Å². The number of fused-ring (bicyclic) bond motifs is 3. The molecule has 1 aliphatic heterocycles. The first-order chi connectivity index (χ1) is 15.2. The number of halogens is 1. The van der Waals surface area contributed by atoms with Crippen LogP contribution in [0.4, 0.5) is 4.39 Å². The number of benzene rings is 1. The predicted octanol–water partition coefficient (Wildman–Crippen LogP) is 3.02. The van der Waals surface area contributed by atoms with Crippen molar-refractivity contribution in [3.05, 3.63) is 76.0 Å². The summed E-state index contributed by atoms with van der Waals surface area (Å²) >= 11 is 1.47. The number of pyridine rings is 1. The highest BCUT2D eigenvalue weighted by molar-refractivity contribution is 7.09. The minimum atomic E-state index is -0.433. The van der Waals surface area contributed by atoms with Crippen molar-refractivity contribution in [1.29, 1.82) is 0 Å². The van der Waals surface area contributed by atoms with Gasteiger partial charge in [-0.1, -0.05) is 12.1 Å². The van der Waals surface area contributed by atoms with Gasteiger partial charge in [0.2, 0.25) is 0 Å². The molecule has 0 saturated carbocycles. The second kappa shape index (κ2) is 8.52. The van der Waals surface area contributed by atoms with E-state index in [2.05, 4.69) is 36.9 Å². The molecule has 0 bridgehead atoms. The number of thiazole rings is 1. The van der Waals surface area contributed by atoms with E-state index in [9.17, 15) is 9.18 Å². The minimum Gasteiger partial charge on any atom is -0.345 e. The molecule has 1 amide bonds. The van der Waals surface area contributed by atoms with Crippen molar-refractivity contribution < 1.29 is 9.18 Å². The smallest absolute Gasteiger partial charge is 0.271 e. The summed E-state index contributed by atoms with van der Waals surface area (Å²) in [6.07, 6.45) is 2.27. The molecule has 0 saturated heterocycles. The summed E-state index contributed by atoms with van der Waals surface area (Å²) in [6.45, 7) is 3.58. The molecule has 0 atom stereocenters. The average Bonchev–Trinajstić information content (AvgIpc) is 3.41. The molecule has 31 heavy (non-hydrogen) atoms. The number of nitrogens with zero attached hydrogens (tertiary/aromatic N) is 5. The van der Waals surface area contributed by atoms with Crippen molar-refractivity contribution in [3.8, 4) is 0 Å². The molecule has 0 fully saturated rings. The summed E-state index contributed by atoms with van der Waals surface area (Å²) in [6, 6.07) is 11.1. The molecule has 4 heterocycles. The summed E-state index contributed by atoms with van der Waals surface area (Å²) in [7, 11) is 0. The Balaban J connectivity index is 1.16. The third-order valence-corrected chi connectivity index (χ3v) is 6.32. The van der Waals surface area contributed by atoms with Crippen LogP contribution in [0.5, 0.6) is 0 Å². The van der Waals surface area contributed by atoms with Gasteiger partial charge >= 0.3 is 0 Å². The Morgan fingerprint density at radius 2 is 2.06 bits per heavy atom. The van der Waals surface area contributed by atoms with Crippen molar-refractivity contribution in [3.63, 3.8) is 0 Å². The molecule has 5 rings (SSSR count). The zero-order valence-electron chi connectivity index (χ0n) is 16.8. The van der Waals surface area contributed by atoms with Crippen LogP contribution in [0.25, 0.3) is 11.0 Å². The van der Waals surface area contributed by atoms with Gasteiger partial charge in [0, 0.05) is 37.6 Å². The Morgan fingerprint density at radius 1 is 1.16 bits per heavy atom. The number of para-hydroxylation sites is 2. The molecular weight excluding hydrogens is 415 g/mol. The normalized spacial score (nSPS) is 14.0. The molecular formula is C22H21FN6OS. The van der Waals surface area contributed by atoms with Crippen LogP contribution in [0, 0.1) is 5.82 Å². The van der Waals surface area contributed by atoms with E-state index in [4.69, 9.17) is 4.98 Å². The Labute approximate surface area is 182 Å². The van der Waals surface area contributed by atoms with Crippen LogP contribution in [-0.4, -0.2) is 43.4 Å². The van der Waals surface area contributed by atoms with Crippen molar-refractivity contribution in [2.45, 2.75) is 26.1 Å². The molecule has 0 spiro atoms. The van der Waals surface area contributed by atoms with E-state index in [0.29, 0.717) is 5.69 Å². The van der Waals surface area contributed by atoms with E-state index >= 15 is 0 Å². The number of carbonyl (C=O) groups excluding carboxylic acids is 1. The number of imidazole rings is 1. The van der Waals surface area contributed by atoms with Gasteiger partial charge in [-0.2, -0.15) is 0 Å². The van der Waals surface area contributed by atoms with E-state index in [1.165, 1.54) is 35.2 Å². The van der Waals surface area contributed by atoms with E-state index in [1.807, 2.05) is 12.1 Å². The van der Waals surface area contributed by atoms with Crippen LogP contribution < -0.4 is 5.32 Å². The fraction of sp³-hybridized carbons (Fsp3) is 0.273. The number of rotatable bonds is 6. The zero-order valence-corrected chi connectivity index (χ0v) is 17.6. The summed E-state index contributed by atoms with van der Waals surface area (Å²) in [5.41, 5.74) is 2.80. The average molecular weight is 437 g/mol. The number of amides is 1. The Kier molecular flexibility index (Phi) is 5.44. The first kappa shape index (κ1) is 19.8. The lowest BCUT2D eigenvalue weighted by molar-refractivity contribution is 0.0945.